The molecule has 0 amide bonds. The zero-order valence-electron chi connectivity index (χ0n) is 10.3. The maximum absolute atomic E-state index is 7.39. The van der Waals surface area contributed by atoms with Crippen molar-refractivity contribution in [2.24, 2.45) is 5.73 Å². The van der Waals surface area contributed by atoms with Crippen LogP contribution in [0.25, 0.3) is 0 Å². The van der Waals surface area contributed by atoms with Gasteiger partial charge < -0.3 is 10.6 Å². The van der Waals surface area contributed by atoms with Gasteiger partial charge in [-0.3, -0.25) is 10.4 Å². The van der Waals surface area contributed by atoms with E-state index in [2.05, 4.69) is 27.4 Å². The molecule has 0 aliphatic heterocycles. The maximum Gasteiger partial charge on any atom is 0.141 e. The molecule has 18 heavy (non-hydrogen) atoms. The van der Waals surface area contributed by atoms with E-state index >= 15 is 0 Å². The lowest BCUT2D eigenvalue weighted by Gasteiger charge is -2.19. The molecule has 0 radical (unpaired) electrons. The molecule has 94 valence electrons. The summed E-state index contributed by atoms with van der Waals surface area (Å²) in [6.45, 7) is 0.932. The van der Waals surface area contributed by atoms with Gasteiger partial charge in [0, 0.05) is 30.4 Å². The van der Waals surface area contributed by atoms with Crippen LogP contribution in [0.2, 0.25) is 0 Å². The molecule has 0 aliphatic rings. The minimum absolute atomic E-state index is 0.00325. The number of hydrogen-bond donors (Lipinski definition) is 2. The van der Waals surface area contributed by atoms with Crippen LogP contribution in [-0.4, -0.2) is 24.4 Å². The fraction of sp³-hybridized carbons (Fsp3) is 0.231. The van der Waals surface area contributed by atoms with Crippen molar-refractivity contribution in [1.29, 1.82) is 5.41 Å². The quantitative estimate of drug-likeness (QED) is 0.639. The first-order chi connectivity index (χ1) is 8.66. The number of aromatic nitrogens is 1. The highest BCUT2D eigenvalue weighted by Crippen LogP contribution is 2.15. The van der Waals surface area contributed by atoms with E-state index in [0.717, 1.165) is 18.7 Å². The van der Waals surface area contributed by atoms with Gasteiger partial charge in [0.1, 0.15) is 11.5 Å². The minimum Gasteiger partial charge on any atom is -0.382 e. The van der Waals surface area contributed by atoms with Crippen LogP contribution < -0.4 is 10.6 Å². The van der Waals surface area contributed by atoms with Crippen molar-refractivity contribution in [3.63, 3.8) is 0 Å². The summed E-state index contributed by atoms with van der Waals surface area (Å²) < 4.78 is 0. The summed E-state index contributed by atoms with van der Waals surface area (Å²) in [4.78, 5) is 7.58. The predicted molar refractivity (Wildman–Crippen MR) is 76.5 cm³/mol. The van der Waals surface area contributed by atoms with Crippen molar-refractivity contribution in [3.05, 3.63) is 46.4 Å². The smallest absolute Gasteiger partial charge is 0.141 e. The molecule has 4 nitrogen and oxygen atoms in total. The van der Waals surface area contributed by atoms with Crippen LogP contribution >= 0.6 is 11.3 Å². The van der Waals surface area contributed by atoms with E-state index < -0.39 is 0 Å². The molecular formula is C13H16N4S. The normalized spacial score (nSPS) is 10.3. The number of nitrogens with one attached hydrogen (secondary N) is 1. The third-order valence-electron chi connectivity index (χ3n) is 2.73. The lowest BCUT2D eigenvalue weighted by Crippen LogP contribution is -2.21. The molecule has 3 N–H and O–H groups in total. The van der Waals surface area contributed by atoms with Gasteiger partial charge >= 0.3 is 0 Å². The first kappa shape index (κ1) is 12.6. The standard InChI is InChI=1S/C13H16N4S/c1-17(7-5-11-3-2-8-18-11)10-4-6-16-12(9-10)13(14)15/h2-4,6,8-9H,5,7H2,1H3,(H3,14,15). The molecule has 0 spiro atoms. The second kappa shape index (κ2) is 5.64. The Hall–Kier alpha value is -1.88. The largest absolute Gasteiger partial charge is 0.382 e. The van der Waals surface area contributed by atoms with Crippen molar-refractivity contribution in [1.82, 2.24) is 4.98 Å². The average molecular weight is 260 g/mol. The molecule has 0 saturated carbocycles. The zero-order chi connectivity index (χ0) is 13.0. The van der Waals surface area contributed by atoms with E-state index in [-0.39, 0.29) is 5.84 Å². The van der Waals surface area contributed by atoms with Crippen LogP contribution in [0, 0.1) is 5.41 Å². The summed E-state index contributed by atoms with van der Waals surface area (Å²) in [5.74, 6) is 0.00325. The van der Waals surface area contributed by atoms with E-state index in [1.807, 2.05) is 19.2 Å². The number of thiophene rings is 1. The molecule has 2 heterocycles. The van der Waals surface area contributed by atoms with Crippen molar-refractivity contribution < 1.29 is 0 Å². The van der Waals surface area contributed by atoms with Crippen LogP contribution in [0.3, 0.4) is 0 Å². The van der Waals surface area contributed by atoms with Crippen LogP contribution in [0.4, 0.5) is 5.69 Å². The summed E-state index contributed by atoms with van der Waals surface area (Å²) in [6, 6.07) is 7.99. The van der Waals surface area contributed by atoms with Crippen LogP contribution in [-0.2, 0) is 6.42 Å². The number of hydrogen-bond acceptors (Lipinski definition) is 4. The number of anilines is 1. The van der Waals surface area contributed by atoms with Gasteiger partial charge in [-0.2, -0.15) is 0 Å². The third-order valence-corrected chi connectivity index (χ3v) is 3.67. The van der Waals surface area contributed by atoms with Crippen LogP contribution in [0.1, 0.15) is 10.6 Å². The topological polar surface area (TPSA) is 66.0 Å². The number of rotatable bonds is 5. The molecule has 0 fully saturated rings. The summed E-state index contributed by atoms with van der Waals surface area (Å²) in [7, 11) is 2.03. The van der Waals surface area contributed by atoms with Gasteiger partial charge in [0.05, 0.1) is 0 Å². The Kier molecular flexibility index (Phi) is 3.94. The van der Waals surface area contributed by atoms with E-state index in [1.54, 1.807) is 17.5 Å². The molecule has 2 aromatic heterocycles. The van der Waals surface area contributed by atoms with Gasteiger partial charge in [-0.15, -0.1) is 11.3 Å². The number of nitrogen functional groups attached to an aromatic ring is 1. The van der Waals surface area contributed by atoms with Gasteiger partial charge in [-0.05, 0) is 30.0 Å². The first-order valence-corrected chi connectivity index (χ1v) is 6.59. The Morgan fingerprint density at radius 1 is 1.50 bits per heavy atom. The number of nitrogens with two attached hydrogens (primary N) is 1. The van der Waals surface area contributed by atoms with E-state index in [4.69, 9.17) is 11.1 Å². The predicted octanol–water partition coefficient (Wildman–Crippen LogP) is 2.11. The van der Waals surface area contributed by atoms with Crippen molar-refractivity contribution >= 4 is 22.9 Å². The number of likely N-dealkylation sites (N-methyl/N-ethyl adjacent to an activating group) is 1. The monoisotopic (exact) mass is 260 g/mol. The molecule has 0 atom stereocenters. The van der Waals surface area contributed by atoms with Crippen molar-refractivity contribution in [3.8, 4) is 0 Å². The highest BCUT2D eigenvalue weighted by atomic mass is 32.1. The fourth-order valence-electron chi connectivity index (χ4n) is 1.67. The highest BCUT2D eigenvalue weighted by Gasteiger charge is 2.05. The average Bonchev–Trinajstić information content (AvgIpc) is 2.89. The SMILES string of the molecule is CN(CCc1cccs1)c1ccnc(C(=N)N)c1. The van der Waals surface area contributed by atoms with Crippen LogP contribution in [0.5, 0.6) is 0 Å². The third kappa shape index (κ3) is 3.07. The number of nitrogens with zero attached hydrogens (tertiary/aromatic N) is 2. The summed E-state index contributed by atoms with van der Waals surface area (Å²) >= 11 is 1.78. The highest BCUT2D eigenvalue weighted by molar-refractivity contribution is 7.09. The molecule has 0 unspecified atom stereocenters. The molecule has 0 aliphatic carbocycles. The van der Waals surface area contributed by atoms with Gasteiger partial charge in [0.15, 0.2) is 0 Å². The summed E-state index contributed by atoms with van der Waals surface area (Å²) in [6.07, 6.45) is 2.71. The van der Waals surface area contributed by atoms with Crippen molar-refractivity contribution in [2.75, 3.05) is 18.5 Å². The van der Waals surface area contributed by atoms with E-state index in [1.165, 1.54) is 4.88 Å². The van der Waals surface area contributed by atoms with Gasteiger partial charge in [0.2, 0.25) is 0 Å². The molecule has 0 saturated heterocycles. The van der Waals surface area contributed by atoms with E-state index in [0.29, 0.717) is 5.69 Å². The Morgan fingerprint density at radius 3 is 3.00 bits per heavy atom. The van der Waals surface area contributed by atoms with Gasteiger partial charge in [-0.1, -0.05) is 6.07 Å². The van der Waals surface area contributed by atoms with Gasteiger partial charge in [0.25, 0.3) is 0 Å². The lowest BCUT2D eigenvalue weighted by atomic mass is 10.2. The molecule has 2 aromatic rings. The minimum atomic E-state index is 0.00325. The Balaban J connectivity index is 2.02. The Labute approximate surface area is 111 Å². The zero-order valence-corrected chi connectivity index (χ0v) is 11.1. The second-order valence-corrected chi connectivity index (χ2v) is 5.10. The molecular weight excluding hydrogens is 244 g/mol. The Morgan fingerprint density at radius 2 is 2.33 bits per heavy atom. The number of amidine groups is 1. The summed E-state index contributed by atoms with van der Waals surface area (Å²) in [5, 5.41) is 9.48. The summed E-state index contributed by atoms with van der Waals surface area (Å²) in [5.41, 5.74) is 7.00. The maximum atomic E-state index is 7.39. The van der Waals surface area contributed by atoms with Crippen molar-refractivity contribution in [2.45, 2.75) is 6.42 Å². The molecule has 2 rings (SSSR count). The van der Waals surface area contributed by atoms with Gasteiger partial charge in [-0.25, -0.2) is 0 Å². The molecule has 0 bridgehead atoms. The lowest BCUT2D eigenvalue weighted by molar-refractivity contribution is 0.885. The van der Waals surface area contributed by atoms with E-state index in [9.17, 15) is 0 Å². The Bertz CT molecular complexity index is 522. The fourth-order valence-corrected chi connectivity index (χ4v) is 2.36. The first-order valence-electron chi connectivity index (χ1n) is 5.71. The second-order valence-electron chi connectivity index (χ2n) is 4.06. The number of pyridine rings is 1. The molecule has 0 aromatic carbocycles. The molecule has 5 heteroatoms. The van der Waals surface area contributed by atoms with Crippen LogP contribution in [0.15, 0.2) is 35.8 Å².